The van der Waals surface area contributed by atoms with Gasteiger partial charge in [0.15, 0.2) is 11.5 Å². The second kappa shape index (κ2) is 9.41. The van der Waals surface area contributed by atoms with Crippen molar-refractivity contribution < 1.29 is 13.9 Å². The van der Waals surface area contributed by atoms with Gasteiger partial charge in [0.05, 0.1) is 22.4 Å². The van der Waals surface area contributed by atoms with Gasteiger partial charge in [-0.2, -0.15) is 5.26 Å². The highest BCUT2D eigenvalue weighted by atomic mass is 32.1. The summed E-state index contributed by atoms with van der Waals surface area (Å²) in [6, 6.07) is 22.0. The lowest BCUT2D eigenvalue weighted by molar-refractivity contribution is 0.266. The fraction of sp³-hybridized carbons (Fsp3) is 0.120. The number of hydrogen-bond acceptors (Lipinski definition) is 5. The average Bonchev–Trinajstić information content (AvgIpc) is 3.22. The molecule has 0 aliphatic heterocycles. The monoisotopic (exact) mass is 430 g/mol. The largest absolute Gasteiger partial charge is 0.490 e. The second-order valence-electron chi connectivity index (χ2n) is 6.68. The normalized spacial score (nSPS) is 11.3. The molecule has 6 heteroatoms. The van der Waals surface area contributed by atoms with E-state index >= 15 is 0 Å². The molecule has 154 valence electrons. The highest BCUT2D eigenvalue weighted by molar-refractivity contribution is 7.19. The number of rotatable bonds is 7. The quantitative estimate of drug-likeness (QED) is 0.315. The molecule has 0 bridgehead atoms. The molecule has 0 atom stereocenters. The Kier molecular flexibility index (Phi) is 6.25. The first-order valence-electron chi connectivity index (χ1n) is 9.78. The third kappa shape index (κ3) is 4.73. The van der Waals surface area contributed by atoms with Crippen LogP contribution in [0, 0.1) is 17.1 Å². The molecule has 0 unspecified atom stereocenters. The maximum atomic E-state index is 13.9. The number of halogens is 1. The number of fused-ring (bicyclic) bond motifs is 1. The number of benzene rings is 3. The average molecular weight is 431 g/mol. The van der Waals surface area contributed by atoms with E-state index in [1.54, 1.807) is 30.3 Å². The van der Waals surface area contributed by atoms with E-state index in [0.29, 0.717) is 34.3 Å². The van der Waals surface area contributed by atoms with Crippen molar-refractivity contribution in [2.45, 2.75) is 13.5 Å². The van der Waals surface area contributed by atoms with Crippen LogP contribution in [0.3, 0.4) is 0 Å². The third-order valence-corrected chi connectivity index (χ3v) is 5.63. The van der Waals surface area contributed by atoms with Gasteiger partial charge in [-0.3, -0.25) is 0 Å². The third-order valence-electron chi connectivity index (χ3n) is 4.56. The molecule has 1 heterocycles. The Labute approximate surface area is 183 Å². The first-order valence-corrected chi connectivity index (χ1v) is 10.6. The summed E-state index contributed by atoms with van der Waals surface area (Å²) in [5, 5.41) is 10.4. The number of ether oxygens (including phenoxy) is 2. The molecular formula is C25H19FN2O2S. The Hall–Kier alpha value is -3.69. The van der Waals surface area contributed by atoms with Crippen LogP contribution < -0.4 is 9.47 Å². The SMILES string of the molecule is CCOc1cc(/C=C(/C#N)c2nc3ccccc3s2)ccc1OCc1ccccc1F. The molecule has 0 aliphatic rings. The van der Waals surface area contributed by atoms with Crippen LogP contribution in [0.5, 0.6) is 11.5 Å². The van der Waals surface area contributed by atoms with Gasteiger partial charge in [-0.1, -0.05) is 36.4 Å². The van der Waals surface area contributed by atoms with Crippen LogP contribution in [0.2, 0.25) is 0 Å². The lowest BCUT2D eigenvalue weighted by atomic mass is 10.1. The van der Waals surface area contributed by atoms with Crippen molar-refractivity contribution in [1.82, 2.24) is 4.98 Å². The van der Waals surface area contributed by atoms with Crippen LogP contribution in [-0.4, -0.2) is 11.6 Å². The predicted molar refractivity (Wildman–Crippen MR) is 121 cm³/mol. The van der Waals surface area contributed by atoms with Gasteiger partial charge in [-0.25, -0.2) is 9.37 Å². The molecule has 0 radical (unpaired) electrons. The summed E-state index contributed by atoms with van der Waals surface area (Å²) < 4.78 is 26.4. The zero-order chi connectivity index (χ0) is 21.6. The second-order valence-corrected chi connectivity index (χ2v) is 7.71. The summed E-state index contributed by atoms with van der Waals surface area (Å²) >= 11 is 1.48. The van der Waals surface area contributed by atoms with E-state index in [2.05, 4.69) is 11.1 Å². The molecule has 0 saturated carbocycles. The van der Waals surface area contributed by atoms with Crippen LogP contribution >= 0.6 is 11.3 Å². The summed E-state index contributed by atoms with van der Waals surface area (Å²) in [5.41, 5.74) is 2.60. The van der Waals surface area contributed by atoms with Crippen LogP contribution in [-0.2, 0) is 6.61 Å². The van der Waals surface area contributed by atoms with Gasteiger partial charge in [-0.05, 0) is 48.9 Å². The number of nitriles is 1. The topological polar surface area (TPSA) is 55.1 Å². The zero-order valence-corrected chi connectivity index (χ0v) is 17.7. The van der Waals surface area contributed by atoms with Gasteiger partial charge in [0.2, 0.25) is 0 Å². The maximum absolute atomic E-state index is 13.9. The molecule has 0 spiro atoms. The Morgan fingerprint density at radius 1 is 1.06 bits per heavy atom. The molecule has 4 nitrogen and oxygen atoms in total. The fourth-order valence-electron chi connectivity index (χ4n) is 3.07. The van der Waals surface area contributed by atoms with E-state index in [4.69, 9.17) is 9.47 Å². The minimum atomic E-state index is -0.311. The van der Waals surface area contributed by atoms with E-state index in [0.717, 1.165) is 15.8 Å². The first kappa shape index (κ1) is 20.6. The summed E-state index contributed by atoms with van der Waals surface area (Å²) in [5.74, 6) is 0.740. The minimum Gasteiger partial charge on any atom is -0.490 e. The fourth-order valence-corrected chi connectivity index (χ4v) is 4.00. The van der Waals surface area contributed by atoms with Crippen molar-refractivity contribution >= 4 is 33.2 Å². The molecule has 3 aromatic carbocycles. The zero-order valence-electron chi connectivity index (χ0n) is 16.8. The number of para-hydroxylation sites is 1. The van der Waals surface area contributed by atoms with Crippen LogP contribution in [0.25, 0.3) is 21.9 Å². The molecule has 0 saturated heterocycles. The van der Waals surface area contributed by atoms with Crippen molar-refractivity contribution in [2.24, 2.45) is 0 Å². The van der Waals surface area contributed by atoms with E-state index < -0.39 is 0 Å². The van der Waals surface area contributed by atoms with Crippen molar-refractivity contribution in [1.29, 1.82) is 5.26 Å². The van der Waals surface area contributed by atoms with Gasteiger partial charge >= 0.3 is 0 Å². The van der Waals surface area contributed by atoms with E-state index in [1.165, 1.54) is 17.4 Å². The maximum Gasteiger partial charge on any atom is 0.161 e. The van der Waals surface area contributed by atoms with Gasteiger partial charge < -0.3 is 9.47 Å². The highest BCUT2D eigenvalue weighted by Crippen LogP contribution is 2.32. The number of aromatic nitrogens is 1. The van der Waals surface area contributed by atoms with Crippen LogP contribution in [0.15, 0.2) is 66.7 Å². The number of thiazole rings is 1. The molecule has 0 aliphatic carbocycles. The molecule has 1 aromatic heterocycles. The Bertz CT molecular complexity index is 1260. The summed E-state index contributed by atoms with van der Waals surface area (Å²) in [7, 11) is 0. The van der Waals surface area contributed by atoms with Crippen molar-refractivity contribution in [3.8, 4) is 17.6 Å². The summed E-state index contributed by atoms with van der Waals surface area (Å²) in [4.78, 5) is 4.56. The molecule has 0 N–H and O–H groups in total. The molecule has 4 aromatic rings. The minimum absolute atomic E-state index is 0.0943. The van der Waals surface area contributed by atoms with Crippen LogP contribution in [0.4, 0.5) is 4.39 Å². The number of allylic oxidation sites excluding steroid dienone is 1. The van der Waals surface area contributed by atoms with Crippen molar-refractivity contribution in [3.05, 3.63) is 88.7 Å². The molecule has 31 heavy (non-hydrogen) atoms. The molecule has 0 amide bonds. The highest BCUT2D eigenvalue weighted by Gasteiger charge is 2.11. The lowest BCUT2D eigenvalue weighted by Gasteiger charge is -2.13. The van der Waals surface area contributed by atoms with Crippen molar-refractivity contribution in [2.75, 3.05) is 6.61 Å². The Balaban J connectivity index is 1.61. The van der Waals surface area contributed by atoms with Crippen molar-refractivity contribution in [3.63, 3.8) is 0 Å². The predicted octanol–water partition coefficient (Wildman–Crippen LogP) is 6.48. The summed E-state index contributed by atoms with van der Waals surface area (Å²) in [6.45, 7) is 2.42. The summed E-state index contributed by atoms with van der Waals surface area (Å²) in [6.07, 6.45) is 1.78. The van der Waals surface area contributed by atoms with Crippen LogP contribution in [0.1, 0.15) is 23.1 Å². The molecule has 0 fully saturated rings. The van der Waals surface area contributed by atoms with E-state index in [-0.39, 0.29) is 12.4 Å². The van der Waals surface area contributed by atoms with Gasteiger partial charge in [0.1, 0.15) is 23.5 Å². The van der Waals surface area contributed by atoms with Gasteiger partial charge in [0, 0.05) is 5.56 Å². The van der Waals surface area contributed by atoms with E-state index in [9.17, 15) is 9.65 Å². The smallest absolute Gasteiger partial charge is 0.161 e. The Morgan fingerprint density at radius 2 is 1.87 bits per heavy atom. The molecular weight excluding hydrogens is 411 g/mol. The van der Waals surface area contributed by atoms with Gasteiger partial charge in [0.25, 0.3) is 0 Å². The lowest BCUT2D eigenvalue weighted by Crippen LogP contribution is -2.01. The number of hydrogen-bond donors (Lipinski definition) is 0. The molecule has 4 rings (SSSR count). The Morgan fingerprint density at radius 3 is 2.65 bits per heavy atom. The van der Waals surface area contributed by atoms with E-state index in [1.807, 2.05) is 43.3 Å². The standard InChI is InChI=1S/C25H19FN2O2S/c1-2-29-23-14-17(11-12-22(23)30-16-18-7-3-4-8-20(18)26)13-19(15-27)25-28-21-9-5-6-10-24(21)31-25/h3-14H,2,16H2,1H3/b19-13-. The van der Waals surface area contributed by atoms with Gasteiger partial charge in [-0.15, -0.1) is 11.3 Å². The number of nitrogens with zero attached hydrogens (tertiary/aromatic N) is 2. The first-order chi connectivity index (χ1) is 15.2.